The second-order valence-electron chi connectivity index (χ2n) is 6.79. The summed E-state index contributed by atoms with van der Waals surface area (Å²) in [5.41, 5.74) is 1.02. The first-order valence-corrected chi connectivity index (χ1v) is 9.55. The van der Waals surface area contributed by atoms with Crippen molar-refractivity contribution in [3.63, 3.8) is 0 Å². The molecular weight excluding hydrogens is 368 g/mol. The highest BCUT2D eigenvalue weighted by atomic mass is 35.5. The van der Waals surface area contributed by atoms with Crippen molar-refractivity contribution in [1.82, 2.24) is 10.6 Å². The Hall–Kier alpha value is -1.50. The van der Waals surface area contributed by atoms with E-state index < -0.39 is 0 Å². The lowest BCUT2D eigenvalue weighted by Crippen LogP contribution is -2.45. The summed E-state index contributed by atoms with van der Waals surface area (Å²) < 4.78 is 16.8. The van der Waals surface area contributed by atoms with Gasteiger partial charge in [0.2, 0.25) is 5.91 Å². The number of carbonyl (C=O) groups excluding carboxylic acids is 1. The molecule has 1 fully saturated rings. The molecule has 1 aliphatic heterocycles. The lowest BCUT2D eigenvalue weighted by molar-refractivity contribution is -0.123. The number of amides is 1. The largest absolute Gasteiger partial charge is 0.490 e. The van der Waals surface area contributed by atoms with Gasteiger partial charge in [0.15, 0.2) is 11.5 Å². The maximum Gasteiger partial charge on any atom is 0.222 e. The van der Waals surface area contributed by atoms with Crippen LogP contribution in [0.25, 0.3) is 0 Å². The number of hydrogen-bond acceptors (Lipinski definition) is 5. The first kappa shape index (κ1) is 23.5. The Morgan fingerprint density at radius 2 is 1.96 bits per heavy atom. The summed E-state index contributed by atoms with van der Waals surface area (Å²) in [5.74, 6) is 1.73. The molecule has 7 heteroatoms. The van der Waals surface area contributed by atoms with E-state index in [1.165, 1.54) is 0 Å². The van der Waals surface area contributed by atoms with E-state index in [0.717, 1.165) is 17.9 Å². The lowest BCUT2D eigenvalue weighted by Gasteiger charge is -2.27. The van der Waals surface area contributed by atoms with Crippen LogP contribution in [0.1, 0.15) is 45.7 Å². The van der Waals surface area contributed by atoms with Gasteiger partial charge in [-0.1, -0.05) is 19.9 Å². The minimum absolute atomic E-state index is 0. The zero-order valence-electron chi connectivity index (χ0n) is 16.7. The third kappa shape index (κ3) is 7.20. The van der Waals surface area contributed by atoms with Crippen LogP contribution in [0.15, 0.2) is 18.2 Å². The van der Waals surface area contributed by atoms with Crippen LogP contribution < -0.4 is 20.1 Å². The molecule has 1 heterocycles. The molecule has 0 aromatic heterocycles. The number of halogens is 1. The fourth-order valence-corrected chi connectivity index (χ4v) is 3.10. The fraction of sp³-hybridized carbons (Fsp3) is 0.650. The van der Waals surface area contributed by atoms with Gasteiger partial charge in [-0.3, -0.25) is 4.79 Å². The molecule has 0 saturated carbocycles. The van der Waals surface area contributed by atoms with Crippen LogP contribution in [0.2, 0.25) is 0 Å². The average Bonchev–Trinajstić information content (AvgIpc) is 2.62. The van der Waals surface area contributed by atoms with E-state index in [4.69, 9.17) is 14.2 Å². The maximum absolute atomic E-state index is 12.5. The van der Waals surface area contributed by atoms with Crippen molar-refractivity contribution in [2.75, 3.05) is 33.0 Å². The van der Waals surface area contributed by atoms with E-state index in [2.05, 4.69) is 24.5 Å². The second-order valence-corrected chi connectivity index (χ2v) is 6.79. The fourth-order valence-electron chi connectivity index (χ4n) is 3.10. The van der Waals surface area contributed by atoms with Gasteiger partial charge in [-0.25, -0.2) is 0 Å². The summed E-state index contributed by atoms with van der Waals surface area (Å²) in [4.78, 5) is 12.5. The van der Waals surface area contributed by atoms with Gasteiger partial charge in [0.1, 0.15) is 0 Å². The highest BCUT2D eigenvalue weighted by molar-refractivity contribution is 5.85. The molecule has 6 nitrogen and oxygen atoms in total. The van der Waals surface area contributed by atoms with E-state index in [-0.39, 0.29) is 36.3 Å². The van der Waals surface area contributed by atoms with Crippen molar-refractivity contribution in [3.8, 4) is 11.5 Å². The molecule has 1 aromatic rings. The van der Waals surface area contributed by atoms with Gasteiger partial charge in [-0.2, -0.15) is 0 Å². The quantitative estimate of drug-likeness (QED) is 0.666. The molecular formula is C20H33ClN2O4. The van der Waals surface area contributed by atoms with Crippen molar-refractivity contribution in [2.24, 2.45) is 5.92 Å². The Kier molecular flexibility index (Phi) is 10.5. The number of rotatable bonds is 9. The third-order valence-electron chi connectivity index (χ3n) is 4.34. The Bertz CT molecular complexity index is 577. The van der Waals surface area contributed by atoms with Crippen molar-refractivity contribution < 1.29 is 19.0 Å². The first-order valence-electron chi connectivity index (χ1n) is 9.55. The Balaban J connectivity index is 0.00000364. The average molecular weight is 401 g/mol. The number of carbonyl (C=O) groups is 1. The van der Waals surface area contributed by atoms with Gasteiger partial charge in [0.05, 0.1) is 32.5 Å². The van der Waals surface area contributed by atoms with Crippen LogP contribution in [0.5, 0.6) is 11.5 Å². The molecule has 0 spiro atoms. The predicted octanol–water partition coefficient (Wildman–Crippen LogP) is 3.10. The number of ether oxygens (including phenoxy) is 3. The molecule has 2 atom stereocenters. The molecule has 27 heavy (non-hydrogen) atoms. The molecule has 154 valence electrons. The normalized spacial score (nSPS) is 17.7. The standard InChI is InChI=1S/C20H32N2O4.ClH/c1-5-25-17-8-7-15(11-18(17)26-6-2)20(14(3)4)22-19(23)12-16-13-24-10-9-21-16;/h7-8,11,14,16,20-21H,5-6,9-10,12-13H2,1-4H3,(H,22,23);1H. The zero-order chi connectivity index (χ0) is 18.9. The number of nitrogens with one attached hydrogen (secondary N) is 2. The molecule has 2 N–H and O–H groups in total. The topological polar surface area (TPSA) is 68.8 Å². The Morgan fingerprint density at radius 1 is 1.26 bits per heavy atom. The first-order chi connectivity index (χ1) is 12.5. The van der Waals surface area contributed by atoms with Gasteiger partial charge in [0, 0.05) is 19.0 Å². The van der Waals surface area contributed by atoms with E-state index in [1.807, 2.05) is 32.0 Å². The molecule has 1 aromatic carbocycles. The van der Waals surface area contributed by atoms with Gasteiger partial charge >= 0.3 is 0 Å². The van der Waals surface area contributed by atoms with Gasteiger partial charge in [-0.15, -0.1) is 12.4 Å². The number of morpholine rings is 1. The summed E-state index contributed by atoms with van der Waals surface area (Å²) in [6, 6.07) is 5.89. The minimum atomic E-state index is -0.0816. The summed E-state index contributed by atoms with van der Waals surface area (Å²) >= 11 is 0. The smallest absolute Gasteiger partial charge is 0.222 e. The Labute approximate surface area is 168 Å². The monoisotopic (exact) mass is 400 g/mol. The summed E-state index contributed by atoms with van der Waals surface area (Å²) in [7, 11) is 0. The third-order valence-corrected chi connectivity index (χ3v) is 4.34. The number of hydrogen-bond donors (Lipinski definition) is 2. The second kappa shape index (κ2) is 12.1. The number of benzene rings is 1. The summed E-state index contributed by atoms with van der Waals surface area (Å²) in [6.45, 7) is 11.3. The van der Waals surface area contributed by atoms with Crippen LogP contribution in [0.4, 0.5) is 0 Å². The highest BCUT2D eigenvalue weighted by Gasteiger charge is 2.23. The van der Waals surface area contributed by atoms with Crippen molar-refractivity contribution in [3.05, 3.63) is 23.8 Å². The summed E-state index contributed by atoms with van der Waals surface area (Å²) in [6.07, 6.45) is 0.415. The van der Waals surface area contributed by atoms with Crippen molar-refractivity contribution in [1.29, 1.82) is 0 Å². The van der Waals surface area contributed by atoms with Crippen LogP contribution in [-0.2, 0) is 9.53 Å². The van der Waals surface area contributed by atoms with Crippen LogP contribution >= 0.6 is 12.4 Å². The SMILES string of the molecule is CCOc1ccc(C(NC(=O)CC2COCCN2)C(C)C)cc1OCC.Cl. The molecule has 0 radical (unpaired) electrons. The molecule has 0 aliphatic carbocycles. The molecule has 1 saturated heterocycles. The highest BCUT2D eigenvalue weighted by Crippen LogP contribution is 2.33. The molecule has 2 rings (SSSR count). The van der Waals surface area contributed by atoms with Crippen LogP contribution in [0, 0.1) is 5.92 Å². The predicted molar refractivity (Wildman–Crippen MR) is 109 cm³/mol. The molecule has 1 aliphatic rings. The van der Waals surface area contributed by atoms with Crippen LogP contribution in [0.3, 0.4) is 0 Å². The van der Waals surface area contributed by atoms with Gasteiger partial charge in [-0.05, 0) is 37.5 Å². The zero-order valence-corrected chi connectivity index (χ0v) is 17.6. The van der Waals surface area contributed by atoms with E-state index in [0.29, 0.717) is 38.6 Å². The van der Waals surface area contributed by atoms with E-state index >= 15 is 0 Å². The lowest BCUT2D eigenvalue weighted by atomic mass is 9.95. The van der Waals surface area contributed by atoms with Crippen molar-refractivity contribution in [2.45, 2.75) is 46.2 Å². The Morgan fingerprint density at radius 3 is 2.56 bits per heavy atom. The summed E-state index contributed by atoms with van der Waals surface area (Å²) in [5, 5.41) is 6.49. The maximum atomic E-state index is 12.5. The molecule has 1 amide bonds. The van der Waals surface area contributed by atoms with Crippen LogP contribution in [-0.4, -0.2) is 44.9 Å². The van der Waals surface area contributed by atoms with Gasteiger partial charge < -0.3 is 24.8 Å². The van der Waals surface area contributed by atoms with E-state index in [9.17, 15) is 4.79 Å². The van der Waals surface area contributed by atoms with Crippen molar-refractivity contribution >= 4 is 18.3 Å². The molecule has 2 unspecified atom stereocenters. The van der Waals surface area contributed by atoms with Gasteiger partial charge in [0.25, 0.3) is 0 Å². The molecule has 0 bridgehead atoms. The van der Waals surface area contributed by atoms with E-state index in [1.54, 1.807) is 0 Å². The minimum Gasteiger partial charge on any atom is -0.490 e.